The average Bonchev–Trinajstić information content (AvgIpc) is 3.31. The minimum Gasteiger partial charge on any atom is -0.463 e. The number of ether oxygens (including phenoxy) is 4. The summed E-state index contributed by atoms with van der Waals surface area (Å²) in [5.41, 5.74) is 2.68. The van der Waals surface area contributed by atoms with Crippen LogP contribution in [-0.2, 0) is 41.4 Å². The molecule has 2 saturated carbocycles. The minimum absolute atomic E-state index is 0.0612. The minimum atomic E-state index is -1.86. The summed E-state index contributed by atoms with van der Waals surface area (Å²) in [4.78, 5) is 54.5. The van der Waals surface area contributed by atoms with Gasteiger partial charge >= 0.3 is 23.9 Å². The molecule has 0 spiro atoms. The van der Waals surface area contributed by atoms with Crippen molar-refractivity contribution in [1.29, 1.82) is 0 Å². The molecule has 2 aromatic rings. The highest BCUT2D eigenvalue weighted by Crippen LogP contribution is 2.36. The van der Waals surface area contributed by atoms with Crippen LogP contribution >= 0.6 is 0 Å². The van der Waals surface area contributed by atoms with Gasteiger partial charge in [-0.2, -0.15) is 0 Å². The van der Waals surface area contributed by atoms with E-state index in [0.717, 1.165) is 73.3 Å². The van der Waals surface area contributed by atoms with Crippen LogP contribution < -0.4 is 0 Å². The lowest BCUT2D eigenvalue weighted by Crippen LogP contribution is -2.47. The summed E-state index contributed by atoms with van der Waals surface area (Å²) in [6.07, 6.45) is 29.8. The van der Waals surface area contributed by atoms with Crippen LogP contribution in [0, 0.1) is 23.7 Å². The van der Waals surface area contributed by atoms with Crippen LogP contribution in [0.1, 0.15) is 226 Å². The number of esters is 4. The van der Waals surface area contributed by atoms with Crippen molar-refractivity contribution in [3.05, 3.63) is 70.8 Å². The Labute approximate surface area is 388 Å². The predicted octanol–water partition coefficient (Wildman–Crippen LogP) is 14.3. The quantitative estimate of drug-likeness (QED) is 0.0419. The van der Waals surface area contributed by atoms with Crippen LogP contribution in [0.3, 0.4) is 0 Å². The summed E-state index contributed by atoms with van der Waals surface area (Å²) in [5, 5.41) is 0. The molecule has 0 amide bonds. The van der Waals surface area contributed by atoms with Gasteiger partial charge in [-0.1, -0.05) is 193 Å². The lowest BCUT2D eigenvalue weighted by molar-refractivity contribution is -0.174. The van der Waals surface area contributed by atoms with Crippen LogP contribution in [0.2, 0.25) is 0 Å². The number of hydrogen-bond acceptors (Lipinski definition) is 8. The fourth-order valence-electron chi connectivity index (χ4n) is 9.76. The number of aryl methyl sites for hydroxylation is 2. The van der Waals surface area contributed by atoms with E-state index >= 15 is 0 Å². The molecule has 2 aromatic carbocycles. The van der Waals surface area contributed by atoms with Crippen molar-refractivity contribution < 1.29 is 38.1 Å². The van der Waals surface area contributed by atoms with Crippen molar-refractivity contribution in [2.24, 2.45) is 23.7 Å². The monoisotopic (exact) mass is 887 g/mol. The number of rotatable bonds is 31. The zero-order valence-corrected chi connectivity index (χ0v) is 40.6. The van der Waals surface area contributed by atoms with Crippen LogP contribution in [-0.4, -0.2) is 49.3 Å². The molecule has 0 unspecified atom stereocenters. The maximum Gasteiger partial charge on any atom is 0.352 e. The molecule has 0 saturated heterocycles. The predicted molar refractivity (Wildman–Crippen MR) is 257 cm³/mol. The molecule has 0 aliphatic heterocycles. The molecule has 2 aliphatic rings. The Morgan fingerprint density at radius 1 is 0.422 bits per heavy atom. The fraction of sp³-hybridized carbons (Fsp3) is 0.714. The first-order chi connectivity index (χ1) is 31.2. The standard InChI is InChI=1S/C56H86O8/c1-5-9-13-19-43-25-29-45(30-26-43)21-15-17-23-47-33-37-49(38-34-47)53(57)63-51(55(59)61-41-11-7-3)52(56(60)62-42-12-8-4)64-54(58)50-39-35-48(36-40-50)24-18-16-22-46-31-27-44(28-32-46)20-14-10-6-2/h33-40,43-46,51-52H,5-32,41-42H2,1-4H3/t43?,44?,45?,46?,51-,52-/m1/s1. The first-order valence-corrected chi connectivity index (χ1v) is 26.2. The molecular formula is C56H86O8. The van der Waals surface area contributed by atoms with Crippen molar-refractivity contribution in [3.63, 3.8) is 0 Å². The Kier molecular flexibility index (Phi) is 25.9. The SMILES string of the molecule is CCCCCC1CCC(CCCCc2ccc(C(=O)O[C@@H](C(=O)OCCCC)[C@@H](OC(=O)c3ccc(CCCCC4CCC(CCCCC)CC4)cc3)C(=O)OCCCC)cc2)CC1. The largest absolute Gasteiger partial charge is 0.463 e. The maximum atomic E-state index is 13.6. The Bertz CT molecular complexity index is 1470. The number of benzene rings is 2. The van der Waals surface area contributed by atoms with E-state index in [2.05, 4.69) is 13.8 Å². The highest BCUT2D eigenvalue weighted by atomic mass is 16.6. The van der Waals surface area contributed by atoms with Crippen LogP contribution in [0.4, 0.5) is 0 Å². The first kappa shape index (κ1) is 52.9. The third kappa shape index (κ3) is 19.8. The number of unbranched alkanes of at least 4 members (excludes halogenated alkanes) is 8. The van der Waals surface area contributed by atoms with Gasteiger partial charge in [0.15, 0.2) is 0 Å². The molecule has 4 rings (SSSR count). The Morgan fingerprint density at radius 3 is 1.02 bits per heavy atom. The normalized spacial score (nSPS) is 19.6. The summed E-state index contributed by atoms with van der Waals surface area (Å²) in [7, 11) is 0. The second-order valence-corrected chi connectivity index (χ2v) is 19.3. The molecule has 64 heavy (non-hydrogen) atoms. The topological polar surface area (TPSA) is 105 Å². The summed E-state index contributed by atoms with van der Waals surface area (Å²) >= 11 is 0. The third-order valence-electron chi connectivity index (χ3n) is 14.1. The average molecular weight is 887 g/mol. The number of carbonyl (C=O) groups excluding carboxylic acids is 4. The molecule has 0 radical (unpaired) electrons. The van der Waals surface area contributed by atoms with Crippen molar-refractivity contribution >= 4 is 23.9 Å². The van der Waals surface area contributed by atoms with Gasteiger partial charge in [0.2, 0.25) is 12.2 Å². The van der Waals surface area contributed by atoms with E-state index in [4.69, 9.17) is 18.9 Å². The highest BCUT2D eigenvalue weighted by Gasteiger charge is 2.43. The van der Waals surface area contributed by atoms with Gasteiger partial charge in [-0.3, -0.25) is 0 Å². The molecule has 8 nitrogen and oxygen atoms in total. The summed E-state index contributed by atoms with van der Waals surface area (Å²) in [6.45, 7) is 8.59. The van der Waals surface area contributed by atoms with E-state index in [-0.39, 0.29) is 24.3 Å². The Hall–Kier alpha value is -3.68. The van der Waals surface area contributed by atoms with Crippen LogP contribution in [0.15, 0.2) is 48.5 Å². The lowest BCUT2D eigenvalue weighted by Gasteiger charge is -2.28. The summed E-state index contributed by atoms with van der Waals surface area (Å²) < 4.78 is 22.4. The Balaban J connectivity index is 1.31. The van der Waals surface area contributed by atoms with Gasteiger partial charge in [-0.15, -0.1) is 0 Å². The van der Waals surface area contributed by atoms with Crippen LogP contribution in [0.5, 0.6) is 0 Å². The molecule has 2 atom stereocenters. The van der Waals surface area contributed by atoms with Gasteiger partial charge < -0.3 is 18.9 Å². The lowest BCUT2D eigenvalue weighted by atomic mass is 9.78. The van der Waals surface area contributed by atoms with Crippen molar-refractivity contribution in [2.45, 2.75) is 220 Å². The fourth-order valence-corrected chi connectivity index (χ4v) is 9.76. The molecule has 2 aliphatic carbocycles. The summed E-state index contributed by atoms with van der Waals surface area (Å²) in [5.74, 6) is -0.0278. The summed E-state index contributed by atoms with van der Waals surface area (Å²) in [6, 6.07) is 14.4. The van der Waals surface area contributed by atoms with E-state index in [1.54, 1.807) is 24.3 Å². The molecule has 0 N–H and O–H groups in total. The zero-order valence-electron chi connectivity index (χ0n) is 40.6. The van der Waals surface area contributed by atoms with Crippen molar-refractivity contribution in [1.82, 2.24) is 0 Å². The van der Waals surface area contributed by atoms with E-state index in [0.29, 0.717) is 12.8 Å². The number of carbonyl (C=O) groups is 4. The van der Waals surface area contributed by atoms with Gasteiger partial charge in [0.05, 0.1) is 24.3 Å². The molecule has 0 heterocycles. The smallest absolute Gasteiger partial charge is 0.352 e. The molecule has 8 heteroatoms. The molecule has 0 aromatic heterocycles. The Morgan fingerprint density at radius 2 is 0.719 bits per heavy atom. The van der Waals surface area contributed by atoms with E-state index in [1.807, 2.05) is 38.1 Å². The van der Waals surface area contributed by atoms with Gasteiger partial charge in [0, 0.05) is 0 Å². The van der Waals surface area contributed by atoms with Crippen molar-refractivity contribution in [3.8, 4) is 0 Å². The molecule has 0 bridgehead atoms. The first-order valence-electron chi connectivity index (χ1n) is 26.2. The van der Waals surface area contributed by atoms with E-state index in [9.17, 15) is 19.2 Å². The number of hydrogen-bond donors (Lipinski definition) is 0. The van der Waals surface area contributed by atoms with Crippen molar-refractivity contribution in [2.75, 3.05) is 13.2 Å². The van der Waals surface area contributed by atoms with Crippen LogP contribution in [0.25, 0.3) is 0 Å². The van der Waals surface area contributed by atoms with Gasteiger partial charge in [0.25, 0.3) is 0 Å². The molecule has 358 valence electrons. The van der Waals surface area contributed by atoms with Gasteiger partial charge in [-0.05, 0) is 97.6 Å². The second-order valence-electron chi connectivity index (χ2n) is 19.3. The maximum absolute atomic E-state index is 13.6. The zero-order chi connectivity index (χ0) is 45.8. The molecule has 2 fully saturated rings. The second kappa shape index (κ2) is 31.3. The van der Waals surface area contributed by atoms with Gasteiger partial charge in [-0.25, -0.2) is 19.2 Å². The van der Waals surface area contributed by atoms with E-state index in [1.165, 1.54) is 128 Å². The van der Waals surface area contributed by atoms with Gasteiger partial charge in [0.1, 0.15) is 0 Å². The third-order valence-corrected chi connectivity index (χ3v) is 14.1. The van der Waals surface area contributed by atoms with E-state index < -0.39 is 36.1 Å². The highest BCUT2D eigenvalue weighted by molar-refractivity contribution is 5.96. The molecular weight excluding hydrogens is 801 g/mol.